The van der Waals surface area contributed by atoms with E-state index in [0.717, 1.165) is 61.2 Å². The third-order valence-corrected chi connectivity index (χ3v) is 9.00. The molecule has 3 heterocycles. The number of benzene rings is 6. The smallest absolute Gasteiger partial charge is 0.145 e. The van der Waals surface area contributed by atoms with Crippen molar-refractivity contribution in [3.05, 3.63) is 163 Å². The molecule has 46 heavy (non-hydrogen) atoms. The molecule has 214 valence electrons. The first kappa shape index (κ1) is 26.0. The van der Waals surface area contributed by atoms with E-state index in [1.165, 1.54) is 16.2 Å². The van der Waals surface area contributed by atoms with Crippen LogP contribution in [0.4, 0.5) is 0 Å². The van der Waals surface area contributed by atoms with Crippen LogP contribution in [0.5, 0.6) is 0 Å². The minimum absolute atomic E-state index is 0.649. The molecule has 0 saturated heterocycles. The summed E-state index contributed by atoms with van der Waals surface area (Å²) in [4.78, 5) is 4.90. The SMILES string of the molecule is N#Cc1ccc(-c2ccccc2-c2cc(-n3c4ccccc4c4ccccc43)cc(-n3c4ccccc4c4cccnc43)c2)cc1. The molecule has 9 aromatic rings. The van der Waals surface area contributed by atoms with Crippen molar-refractivity contribution in [1.29, 1.82) is 5.26 Å². The average molecular weight is 587 g/mol. The Morgan fingerprint density at radius 1 is 0.457 bits per heavy atom. The summed E-state index contributed by atoms with van der Waals surface area (Å²) >= 11 is 0. The van der Waals surface area contributed by atoms with Gasteiger partial charge in [0, 0.05) is 33.4 Å². The van der Waals surface area contributed by atoms with Crippen LogP contribution in [-0.4, -0.2) is 14.1 Å². The van der Waals surface area contributed by atoms with Gasteiger partial charge in [-0.05, 0) is 82.9 Å². The van der Waals surface area contributed by atoms with Gasteiger partial charge in [0.05, 0.1) is 33.9 Å². The van der Waals surface area contributed by atoms with Gasteiger partial charge in [0.1, 0.15) is 5.65 Å². The first-order valence-electron chi connectivity index (χ1n) is 15.4. The lowest BCUT2D eigenvalue weighted by atomic mass is 9.93. The Morgan fingerprint density at radius 2 is 0.957 bits per heavy atom. The highest BCUT2D eigenvalue weighted by atomic mass is 15.1. The summed E-state index contributed by atoms with van der Waals surface area (Å²) in [5, 5.41) is 14.2. The molecule has 0 aliphatic rings. The second kappa shape index (κ2) is 10.3. The molecule has 0 aliphatic carbocycles. The van der Waals surface area contributed by atoms with Crippen molar-refractivity contribution in [1.82, 2.24) is 14.1 Å². The predicted octanol–water partition coefficient (Wildman–Crippen LogP) is 10.5. The highest BCUT2D eigenvalue weighted by Gasteiger charge is 2.18. The van der Waals surface area contributed by atoms with E-state index in [-0.39, 0.29) is 0 Å². The van der Waals surface area contributed by atoms with Crippen molar-refractivity contribution in [2.75, 3.05) is 0 Å². The number of hydrogen-bond acceptors (Lipinski definition) is 2. The van der Waals surface area contributed by atoms with Crippen LogP contribution in [0.25, 0.3) is 77.4 Å². The quantitative estimate of drug-likeness (QED) is 0.206. The van der Waals surface area contributed by atoms with E-state index in [2.05, 4.69) is 137 Å². The molecule has 0 radical (unpaired) electrons. The Morgan fingerprint density at radius 3 is 1.59 bits per heavy atom. The molecule has 0 atom stereocenters. The normalized spacial score (nSPS) is 11.5. The van der Waals surface area contributed by atoms with Crippen LogP contribution in [0.15, 0.2) is 158 Å². The zero-order valence-electron chi connectivity index (χ0n) is 24.8. The minimum Gasteiger partial charge on any atom is -0.309 e. The maximum Gasteiger partial charge on any atom is 0.145 e. The summed E-state index contributed by atoms with van der Waals surface area (Å²) in [5.41, 5.74) is 11.5. The predicted molar refractivity (Wildman–Crippen MR) is 189 cm³/mol. The van der Waals surface area contributed by atoms with Gasteiger partial charge < -0.3 is 4.57 Å². The second-order valence-electron chi connectivity index (χ2n) is 11.6. The van der Waals surface area contributed by atoms with Crippen LogP contribution < -0.4 is 0 Å². The third-order valence-electron chi connectivity index (χ3n) is 9.00. The number of para-hydroxylation sites is 3. The molecule has 0 unspecified atom stereocenters. The van der Waals surface area contributed by atoms with Crippen molar-refractivity contribution >= 4 is 43.7 Å². The zero-order chi connectivity index (χ0) is 30.6. The number of fused-ring (bicyclic) bond motifs is 6. The van der Waals surface area contributed by atoms with E-state index in [9.17, 15) is 5.26 Å². The molecule has 4 heteroatoms. The number of hydrogen-bond donors (Lipinski definition) is 0. The van der Waals surface area contributed by atoms with Crippen LogP contribution in [-0.2, 0) is 0 Å². The van der Waals surface area contributed by atoms with Crippen molar-refractivity contribution in [2.24, 2.45) is 0 Å². The number of nitrogens with zero attached hydrogens (tertiary/aromatic N) is 4. The Balaban J connectivity index is 1.39. The summed E-state index contributed by atoms with van der Waals surface area (Å²) in [6.07, 6.45) is 1.87. The number of rotatable bonds is 4. The van der Waals surface area contributed by atoms with Crippen molar-refractivity contribution < 1.29 is 0 Å². The largest absolute Gasteiger partial charge is 0.309 e. The lowest BCUT2D eigenvalue weighted by molar-refractivity contribution is 1.11. The molecule has 0 fully saturated rings. The second-order valence-corrected chi connectivity index (χ2v) is 11.6. The van der Waals surface area contributed by atoms with E-state index in [0.29, 0.717) is 5.56 Å². The van der Waals surface area contributed by atoms with E-state index >= 15 is 0 Å². The van der Waals surface area contributed by atoms with Gasteiger partial charge >= 0.3 is 0 Å². The molecule has 0 saturated carbocycles. The summed E-state index contributed by atoms with van der Waals surface area (Å²) in [5.74, 6) is 0. The topological polar surface area (TPSA) is 46.5 Å². The molecule has 3 aromatic heterocycles. The summed E-state index contributed by atoms with van der Waals surface area (Å²) < 4.78 is 4.67. The minimum atomic E-state index is 0.649. The van der Waals surface area contributed by atoms with Crippen LogP contribution >= 0.6 is 0 Å². The van der Waals surface area contributed by atoms with Gasteiger partial charge in [0.2, 0.25) is 0 Å². The third kappa shape index (κ3) is 3.96. The molecule has 0 spiro atoms. The van der Waals surface area contributed by atoms with Crippen molar-refractivity contribution in [3.8, 4) is 39.7 Å². The highest BCUT2D eigenvalue weighted by Crippen LogP contribution is 2.39. The molecule has 6 aromatic carbocycles. The zero-order valence-corrected chi connectivity index (χ0v) is 24.8. The van der Waals surface area contributed by atoms with Gasteiger partial charge in [0.25, 0.3) is 0 Å². The monoisotopic (exact) mass is 586 g/mol. The van der Waals surface area contributed by atoms with Crippen molar-refractivity contribution in [2.45, 2.75) is 0 Å². The molecule has 0 bridgehead atoms. The molecule has 4 nitrogen and oxygen atoms in total. The van der Waals surface area contributed by atoms with E-state index in [1.807, 2.05) is 36.5 Å². The maximum atomic E-state index is 9.41. The van der Waals surface area contributed by atoms with Gasteiger partial charge in [-0.2, -0.15) is 5.26 Å². The molecular formula is C42H26N4. The molecule has 9 rings (SSSR count). The Hall–Kier alpha value is -6.44. The average Bonchev–Trinajstić information content (AvgIpc) is 3.65. The van der Waals surface area contributed by atoms with Gasteiger partial charge in [-0.1, -0.05) is 91.0 Å². The standard InChI is InChI=1S/C42H26N4/c43-27-28-19-21-29(22-20-28)33-10-1-2-11-34(33)30-24-31(45-39-16-6-3-12-35(39)36-13-4-7-17-40(36)45)26-32(25-30)46-41-18-8-5-14-37(41)38-15-9-23-44-42(38)46/h1-26H. The van der Waals surface area contributed by atoms with E-state index in [4.69, 9.17) is 4.98 Å². The molecular weight excluding hydrogens is 560 g/mol. The van der Waals surface area contributed by atoms with Crippen molar-refractivity contribution in [3.63, 3.8) is 0 Å². The highest BCUT2D eigenvalue weighted by molar-refractivity contribution is 6.10. The maximum absolute atomic E-state index is 9.41. The van der Waals surface area contributed by atoms with E-state index in [1.54, 1.807) is 0 Å². The van der Waals surface area contributed by atoms with Gasteiger partial charge in [0.15, 0.2) is 0 Å². The number of nitriles is 1. The van der Waals surface area contributed by atoms with Crippen LogP contribution in [0.2, 0.25) is 0 Å². The number of aromatic nitrogens is 3. The Labute approximate surface area is 265 Å². The Bertz CT molecular complexity index is 2410. The fourth-order valence-electron chi connectivity index (χ4n) is 6.98. The summed E-state index contributed by atoms with van der Waals surface area (Å²) in [7, 11) is 0. The molecule has 0 amide bonds. The lowest BCUT2D eigenvalue weighted by Gasteiger charge is -2.17. The van der Waals surface area contributed by atoms with Crippen LogP contribution in [0, 0.1) is 11.3 Å². The number of pyridine rings is 1. The summed E-state index contributed by atoms with van der Waals surface area (Å²) in [6, 6.07) is 55.4. The summed E-state index contributed by atoms with van der Waals surface area (Å²) in [6.45, 7) is 0. The van der Waals surface area contributed by atoms with Gasteiger partial charge in [-0.25, -0.2) is 4.98 Å². The fraction of sp³-hybridized carbons (Fsp3) is 0. The Kier molecular flexibility index (Phi) is 5.84. The fourth-order valence-corrected chi connectivity index (χ4v) is 6.98. The van der Waals surface area contributed by atoms with Gasteiger partial charge in [-0.3, -0.25) is 4.57 Å². The molecule has 0 aliphatic heterocycles. The lowest BCUT2D eigenvalue weighted by Crippen LogP contribution is -2.01. The van der Waals surface area contributed by atoms with Gasteiger partial charge in [-0.15, -0.1) is 0 Å². The van der Waals surface area contributed by atoms with E-state index < -0.39 is 0 Å². The molecule has 0 N–H and O–H groups in total. The first-order chi connectivity index (χ1) is 22.8. The first-order valence-corrected chi connectivity index (χ1v) is 15.4. The van der Waals surface area contributed by atoms with Crippen LogP contribution in [0.3, 0.4) is 0 Å². The van der Waals surface area contributed by atoms with Crippen LogP contribution in [0.1, 0.15) is 5.56 Å².